The van der Waals surface area contributed by atoms with Gasteiger partial charge in [0.05, 0.1) is 20.3 Å². The molecule has 1 N–H and O–H groups in total. The number of hydrogen-bond donors (Lipinski definition) is 1. The van der Waals surface area contributed by atoms with Gasteiger partial charge in [-0.3, -0.25) is 9.69 Å². The van der Waals surface area contributed by atoms with Gasteiger partial charge in [-0.15, -0.1) is 0 Å². The average Bonchev–Trinajstić information content (AvgIpc) is 3.12. The van der Waals surface area contributed by atoms with Gasteiger partial charge in [0.1, 0.15) is 17.9 Å². The zero-order valence-electron chi connectivity index (χ0n) is 20.9. The van der Waals surface area contributed by atoms with Crippen LogP contribution >= 0.6 is 0 Å². The maximum absolute atomic E-state index is 13.0. The number of rotatable bonds is 8. The topological polar surface area (TPSA) is 99.5 Å². The van der Waals surface area contributed by atoms with Crippen molar-refractivity contribution < 1.29 is 28.8 Å². The lowest BCUT2D eigenvalue weighted by Crippen LogP contribution is -2.30. The van der Waals surface area contributed by atoms with Crippen LogP contribution in [0.25, 0.3) is 6.08 Å². The molecule has 9 nitrogen and oxygen atoms in total. The van der Waals surface area contributed by atoms with E-state index in [4.69, 9.17) is 18.9 Å². The molecule has 1 fully saturated rings. The lowest BCUT2D eigenvalue weighted by atomic mass is 10.1. The molecule has 2 aromatic rings. The van der Waals surface area contributed by atoms with E-state index in [1.807, 2.05) is 18.2 Å². The summed E-state index contributed by atoms with van der Waals surface area (Å²) < 4.78 is 23.6. The van der Waals surface area contributed by atoms with Crippen molar-refractivity contribution in [2.75, 3.05) is 47.1 Å². The number of hydrogen-bond acceptors (Lipinski definition) is 8. The number of phenolic OH excluding ortho intramolecular Hbond substituents is 1. The first-order chi connectivity index (χ1) is 17.5. The van der Waals surface area contributed by atoms with Crippen molar-refractivity contribution in [3.05, 3.63) is 57.5 Å². The number of phenols is 1. The Hall–Kier alpha value is -3.30. The Morgan fingerprint density at radius 1 is 1.17 bits per heavy atom. The molecule has 0 spiro atoms. The molecule has 0 radical (unpaired) electrons. The molecule has 1 saturated heterocycles. The van der Waals surface area contributed by atoms with Crippen LogP contribution in [-0.4, -0.2) is 73.7 Å². The quantitative estimate of drug-likeness (QED) is 0.555. The summed E-state index contributed by atoms with van der Waals surface area (Å²) in [6.45, 7) is 3.46. The molecule has 1 unspecified atom stereocenters. The van der Waals surface area contributed by atoms with Crippen LogP contribution in [0.1, 0.15) is 40.9 Å². The van der Waals surface area contributed by atoms with E-state index >= 15 is 0 Å². The highest BCUT2D eigenvalue weighted by Crippen LogP contribution is 2.27. The number of esters is 1. The SMILES string of the molecule is COC(=O)c1c(OCC2CCCCO2)cc(=O)n2c1CCN(C/C=C/c1ccc(O)c(OC)c1)CC2. The number of nitrogens with zero attached hydrogens (tertiary/aromatic N) is 2. The Kier molecular flexibility index (Phi) is 8.66. The standard InChI is InChI=1S/C27H34N2O7/c1-33-23-16-19(8-9-22(23)30)6-5-11-28-12-10-21-26(27(32)34-2)24(17-25(31)29(21)14-13-28)36-18-20-7-3-4-15-35-20/h5-6,8-9,16-17,20,30H,3-4,7,10-15,18H2,1-2H3/b6-5+. The summed E-state index contributed by atoms with van der Waals surface area (Å²) >= 11 is 0. The summed E-state index contributed by atoms with van der Waals surface area (Å²) in [6, 6.07) is 6.58. The van der Waals surface area contributed by atoms with Crippen LogP contribution in [0.2, 0.25) is 0 Å². The van der Waals surface area contributed by atoms with Crippen LogP contribution in [0.15, 0.2) is 35.1 Å². The molecule has 0 saturated carbocycles. The van der Waals surface area contributed by atoms with E-state index in [0.29, 0.717) is 62.8 Å². The van der Waals surface area contributed by atoms with E-state index < -0.39 is 5.97 Å². The van der Waals surface area contributed by atoms with Crippen LogP contribution in [0.4, 0.5) is 0 Å². The van der Waals surface area contributed by atoms with Gasteiger partial charge in [0.25, 0.3) is 5.56 Å². The fourth-order valence-corrected chi connectivity index (χ4v) is 4.67. The van der Waals surface area contributed by atoms with Crippen molar-refractivity contribution in [2.45, 2.75) is 38.3 Å². The predicted molar refractivity (Wildman–Crippen MR) is 135 cm³/mol. The van der Waals surface area contributed by atoms with Crippen molar-refractivity contribution in [2.24, 2.45) is 0 Å². The second-order valence-corrected chi connectivity index (χ2v) is 9.00. The number of pyridine rings is 1. The number of benzene rings is 1. The molecule has 2 aliphatic rings. The van der Waals surface area contributed by atoms with Crippen molar-refractivity contribution >= 4 is 12.0 Å². The molecule has 1 aromatic carbocycles. The highest BCUT2D eigenvalue weighted by molar-refractivity contribution is 5.93. The monoisotopic (exact) mass is 498 g/mol. The van der Waals surface area contributed by atoms with Gasteiger partial charge in [0.15, 0.2) is 11.5 Å². The summed E-state index contributed by atoms with van der Waals surface area (Å²) in [6.07, 6.45) is 7.49. The van der Waals surface area contributed by atoms with E-state index in [2.05, 4.69) is 4.90 Å². The third-order valence-electron chi connectivity index (χ3n) is 6.65. The number of aromatic hydroxyl groups is 1. The van der Waals surface area contributed by atoms with Crippen LogP contribution in [0.3, 0.4) is 0 Å². The van der Waals surface area contributed by atoms with Crippen molar-refractivity contribution in [1.29, 1.82) is 0 Å². The minimum Gasteiger partial charge on any atom is -0.504 e. The van der Waals surface area contributed by atoms with Crippen molar-refractivity contribution in [3.63, 3.8) is 0 Å². The molecule has 0 amide bonds. The van der Waals surface area contributed by atoms with Gasteiger partial charge in [0, 0.05) is 51.0 Å². The zero-order valence-corrected chi connectivity index (χ0v) is 20.9. The molecule has 3 heterocycles. The molecule has 9 heteroatoms. The molecular weight excluding hydrogens is 464 g/mol. The van der Waals surface area contributed by atoms with Crippen LogP contribution in [0.5, 0.6) is 17.2 Å². The van der Waals surface area contributed by atoms with E-state index in [-0.39, 0.29) is 23.2 Å². The minimum atomic E-state index is -0.507. The van der Waals surface area contributed by atoms with E-state index in [9.17, 15) is 14.7 Å². The maximum Gasteiger partial charge on any atom is 0.343 e. The number of fused-ring (bicyclic) bond motifs is 1. The molecule has 36 heavy (non-hydrogen) atoms. The Morgan fingerprint density at radius 2 is 2.03 bits per heavy atom. The van der Waals surface area contributed by atoms with Crippen LogP contribution in [0, 0.1) is 0 Å². The first kappa shape index (κ1) is 25.8. The summed E-state index contributed by atoms with van der Waals surface area (Å²) in [5.41, 5.74) is 1.69. The summed E-state index contributed by atoms with van der Waals surface area (Å²) in [7, 11) is 2.85. The zero-order chi connectivity index (χ0) is 25.5. The molecule has 4 rings (SSSR count). The molecule has 1 atom stereocenters. The molecule has 1 aromatic heterocycles. The average molecular weight is 499 g/mol. The number of methoxy groups -OCH3 is 2. The maximum atomic E-state index is 13.0. The smallest absolute Gasteiger partial charge is 0.343 e. The lowest BCUT2D eigenvalue weighted by Gasteiger charge is -2.24. The molecule has 2 aliphatic heterocycles. The van der Waals surface area contributed by atoms with Gasteiger partial charge in [-0.05, 0) is 37.0 Å². The minimum absolute atomic E-state index is 0.0401. The Balaban J connectivity index is 1.48. The van der Waals surface area contributed by atoms with Gasteiger partial charge in [0.2, 0.25) is 0 Å². The third-order valence-corrected chi connectivity index (χ3v) is 6.65. The fraction of sp³-hybridized carbons (Fsp3) is 0.481. The van der Waals surface area contributed by atoms with Crippen LogP contribution in [-0.2, 0) is 22.4 Å². The van der Waals surface area contributed by atoms with Gasteiger partial charge in [-0.1, -0.05) is 18.2 Å². The van der Waals surface area contributed by atoms with Crippen molar-refractivity contribution in [3.8, 4) is 17.2 Å². The normalized spacial score (nSPS) is 18.4. The van der Waals surface area contributed by atoms with E-state index in [1.54, 1.807) is 16.7 Å². The molecule has 194 valence electrons. The third kappa shape index (κ3) is 6.09. The van der Waals surface area contributed by atoms with Crippen molar-refractivity contribution in [1.82, 2.24) is 9.47 Å². The van der Waals surface area contributed by atoms with E-state index in [1.165, 1.54) is 20.3 Å². The number of aromatic nitrogens is 1. The molecule has 0 aliphatic carbocycles. The second-order valence-electron chi connectivity index (χ2n) is 9.00. The summed E-state index contributed by atoms with van der Waals surface area (Å²) in [4.78, 5) is 28.0. The number of carbonyl (C=O) groups is 1. The highest BCUT2D eigenvalue weighted by atomic mass is 16.5. The van der Waals surface area contributed by atoms with Gasteiger partial charge < -0.3 is 28.6 Å². The lowest BCUT2D eigenvalue weighted by molar-refractivity contribution is -0.0114. The fourth-order valence-electron chi connectivity index (χ4n) is 4.67. The Labute approximate surface area is 210 Å². The number of ether oxygens (including phenoxy) is 4. The molecule has 0 bridgehead atoms. The van der Waals surface area contributed by atoms with Gasteiger partial charge >= 0.3 is 5.97 Å². The second kappa shape index (κ2) is 12.1. The van der Waals surface area contributed by atoms with Crippen LogP contribution < -0.4 is 15.0 Å². The van der Waals surface area contributed by atoms with Gasteiger partial charge in [-0.2, -0.15) is 0 Å². The summed E-state index contributed by atoms with van der Waals surface area (Å²) in [5.74, 6) is 0.279. The largest absolute Gasteiger partial charge is 0.504 e. The van der Waals surface area contributed by atoms with E-state index in [0.717, 1.165) is 24.8 Å². The molecular formula is C27H34N2O7. The highest BCUT2D eigenvalue weighted by Gasteiger charge is 2.26. The van der Waals surface area contributed by atoms with Gasteiger partial charge in [-0.25, -0.2) is 4.79 Å². The Bertz CT molecular complexity index is 1150. The number of carbonyl (C=O) groups excluding carboxylic acids is 1. The first-order valence-electron chi connectivity index (χ1n) is 12.4. The summed E-state index contributed by atoms with van der Waals surface area (Å²) in [5, 5.41) is 9.77. The predicted octanol–water partition coefficient (Wildman–Crippen LogP) is 2.87. The first-order valence-corrected chi connectivity index (χ1v) is 12.4. The Morgan fingerprint density at radius 3 is 2.78 bits per heavy atom.